The van der Waals surface area contributed by atoms with E-state index in [9.17, 15) is 18.0 Å². The molecule has 1 aromatic rings. The number of alkyl halides is 3. The maximum Gasteiger partial charge on any atom is 0.434 e. The third-order valence-electron chi connectivity index (χ3n) is 3.72. The first-order valence-electron chi connectivity index (χ1n) is 7.23. The van der Waals surface area contributed by atoms with Crippen molar-refractivity contribution < 1.29 is 18.0 Å². The molecule has 2 rings (SSSR count). The number of rotatable bonds is 5. The van der Waals surface area contributed by atoms with E-state index in [-0.39, 0.29) is 10.9 Å². The highest BCUT2D eigenvalue weighted by molar-refractivity contribution is 7.09. The van der Waals surface area contributed by atoms with Crippen molar-refractivity contribution in [3.05, 3.63) is 16.1 Å². The Morgan fingerprint density at radius 1 is 1.50 bits per heavy atom. The summed E-state index contributed by atoms with van der Waals surface area (Å²) in [7, 11) is 0. The van der Waals surface area contributed by atoms with Crippen LogP contribution in [0.25, 0.3) is 0 Å². The van der Waals surface area contributed by atoms with Crippen LogP contribution in [0.1, 0.15) is 43.8 Å². The van der Waals surface area contributed by atoms with Crippen molar-refractivity contribution >= 4 is 17.2 Å². The fraction of sp³-hybridized carbons (Fsp3) is 0.714. The minimum absolute atomic E-state index is 0.152. The lowest BCUT2D eigenvalue weighted by Gasteiger charge is -2.24. The molecular weight excluding hydrogens is 315 g/mol. The molecule has 1 saturated heterocycles. The number of aromatic nitrogens is 1. The molecule has 0 aromatic carbocycles. The van der Waals surface area contributed by atoms with E-state index in [0.29, 0.717) is 12.3 Å². The second kappa shape index (κ2) is 6.54. The molecule has 1 aliphatic heterocycles. The predicted molar refractivity (Wildman–Crippen MR) is 78.5 cm³/mol. The predicted octanol–water partition coefficient (Wildman–Crippen LogP) is 2.90. The minimum Gasteiger partial charge on any atom is -0.345 e. The molecule has 0 saturated carbocycles. The summed E-state index contributed by atoms with van der Waals surface area (Å²) in [4.78, 5) is 15.6. The molecule has 8 heteroatoms. The SMILES string of the molecule is CC(C)(NC(=O)CCC1CCNC1)c1nc(C(F)(F)F)cs1. The van der Waals surface area contributed by atoms with Crippen LogP contribution in [0.5, 0.6) is 0 Å². The Bertz CT molecular complexity index is 522. The van der Waals surface area contributed by atoms with E-state index < -0.39 is 17.4 Å². The normalized spacial score (nSPS) is 19.4. The Morgan fingerprint density at radius 2 is 2.23 bits per heavy atom. The number of amides is 1. The lowest BCUT2D eigenvalue weighted by Crippen LogP contribution is -2.41. The molecule has 1 amide bonds. The quantitative estimate of drug-likeness (QED) is 0.870. The summed E-state index contributed by atoms with van der Waals surface area (Å²) < 4.78 is 37.8. The third-order valence-corrected chi connectivity index (χ3v) is 4.89. The van der Waals surface area contributed by atoms with Crippen molar-refractivity contribution in [3.8, 4) is 0 Å². The van der Waals surface area contributed by atoms with Gasteiger partial charge in [-0.05, 0) is 45.7 Å². The van der Waals surface area contributed by atoms with E-state index in [1.54, 1.807) is 13.8 Å². The Labute approximate surface area is 131 Å². The molecule has 0 radical (unpaired) electrons. The van der Waals surface area contributed by atoms with Crippen molar-refractivity contribution in [2.75, 3.05) is 13.1 Å². The lowest BCUT2D eigenvalue weighted by atomic mass is 10.0. The maximum atomic E-state index is 12.6. The van der Waals surface area contributed by atoms with Gasteiger partial charge in [-0.25, -0.2) is 4.98 Å². The smallest absolute Gasteiger partial charge is 0.345 e. The number of halogens is 3. The maximum absolute atomic E-state index is 12.6. The molecule has 1 unspecified atom stereocenters. The number of hydrogen-bond acceptors (Lipinski definition) is 4. The molecule has 124 valence electrons. The van der Waals surface area contributed by atoms with Gasteiger partial charge in [-0.2, -0.15) is 13.2 Å². The zero-order valence-corrected chi connectivity index (χ0v) is 13.4. The van der Waals surface area contributed by atoms with Gasteiger partial charge in [0.15, 0.2) is 5.69 Å². The number of nitrogens with one attached hydrogen (secondary N) is 2. The summed E-state index contributed by atoms with van der Waals surface area (Å²) in [6.07, 6.45) is -2.21. The Balaban J connectivity index is 1.91. The number of carbonyl (C=O) groups excluding carboxylic acids is 1. The van der Waals surface area contributed by atoms with Crippen LogP contribution in [0.15, 0.2) is 5.38 Å². The molecular formula is C14H20F3N3OS. The number of thiazole rings is 1. The summed E-state index contributed by atoms with van der Waals surface area (Å²) in [5.74, 6) is 0.353. The highest BCUT2D eigenvalue weighted by Crippen LogP contribution is 2.33. The average molecular weight is 335 g/mol. The topological polar surface area (TPSA) is 54.0 Å². The van der Waals surface area contributed by atoms with E-state index in [2.05, 4.69) is 15.6 Å². The summed E-state index contributed by atoms with van der Waals surface area (Å²) in [6.45, 7) is 5.25. The van der Waals surface area contributed by atoms with Gasteiger partial charge in [0, 0.05) is 11.8 Å². The van der Waals surface area contributed by atoms with Gasteiger partial charge in [0.2, 0.25) is 5.91 Å². The van der Waals surface area contributed by atoms with Crippen LogP contribution >= 0.6 is 11.3 Å². The average Bonchev–Trinajstić information content (AvgIpc) is 3.06. The second-order valence-corrected chi connectivity index (χ2v) is 6.96. The van der Waals surface area contributed by atoms with Crippen LogP contribution in [0.2, 0.25) is 0 Å². The zero-order chi connectivity index (χ0) is 16.4. The second-order valence-electron chi connectivity index (χ2n) is 6.11. The minimum atomic E-state index is -4.45. The van der Waals surface area contributed by atoms with Crippen molar-refractivity contribution in [1.82, 2.24) is 15.6 Å². The Morgan fingerprint density at radius 3 is 2.77 bits per heavy atom. The highest BCUT2D eigenvalue weighted by atomic mass is 32.1. The van der Waals surface area contributed by atoms with E-state index in [1.807, 2.05) is 0 Å². The Kier molecular flexibility index (Phi) is 5.11. The summed E-state index contributed by atoms with van der Waals surface area (Å²) in [5, 5.41) is 7.26. The van der Waals surface area contributed by atoms with Crippen molar-refractivity contribution in [2.24, 2.45) is 5.92 Å². The summed E-state index contributed by atoms with van der Waals surface area (Å²) in [5.41, 5.74) is -1.81. The van der Waals surface area contributed by atoms with Crippen LogP contribution < -0.4 is 10.6 Å². The first-order valence-corrected chi connectivity index (χ1v) is 8.11. The van der Waals surface area contributed by atoms with Gasteiger partial charge in [0.05, 0.1) is 5.54 Å². The fourth-order valence-electron chi connectivity index (χ4n) is 2.45. The highest BCUT2D eigenvalue weighted by Gasteiger charge is 2.36. The lowest BCUT2D eigenvalue weighted by molar-refractivity contribution is -0.140. The molecule has 0 aliphatic carbocycles. The van der Waals surface area contributed by atoms with Gasteiger partial charge in [0.25, 0.3) is 0 Å². The molecule has 2 N–H and O–H groups in total. The molecule has 1 fully saturated rings. The molecule has 1 atom stereocenters. The van der Waals surface area contributed by atoms with Crippen LogP contribution in [0, 0.1) is 5.92 Å². The first kappa shape index (κ1) is 17.2. The van der Waals surface area contributed by atoms with Crippen molar-refractivity contribution in [3.63, 3.8) is 0 Å². The van der Waals surface area contributed by atoms with Crippen LogP contribution in [0.3, 0.4) is 0 Å². The van der Waals surface area contributed by atoms with Crippen molar-refractivity contribution in [2.45, 2.75) is 44.8 Å². The van der Waals surface area contributed by atoms with E-state index in [0.717, 1.165) is 42.6 Å². The van der Waals surface area contributed by atoms with Crippen LogP contribution in [-0.2, 0) is 16.5 Å². The first-order chi connectivity index (χ1) is 10.2. The van der Waals surface area contributed by atoms with Crippen LogP contribution in [-0.4, -0.2) is 24.0 Å². The van der Waals surface area contributed by atoms with Gasteiger partial charge in [-0.3, -0.25) is 4.79 Å². The number of nitrogens with zero attached hydrogens (tertiary/aromatic N) is 1. The van der Waals surface area contributed by atoms with Gasteiger partial charge in [-0.1, -0.05) is 0 Å². The largest absolute Gasteiger partial charge is 0.434 e. The molecule has 22 heavy (non-hydrogen) atoms. The third kappa shape index (κ3) is 4.42. The van der Waals surface area contributed by atoms with Gasteiger partial charge < -0.3 is 10.6 Å². The summed E-state index contributed by atoms with van der Waals surface area (Å²) >= 11 is 0.913. The van der Waals surface area contributed by atoms with E-state index in [1.165, 1.54) is 0 Å². The molecule has 1 aromatic heterocycles. The van der Waals surface area contributed by atoms with Gasteiger partial charge in [-0.15, -0.1) is 11.3 Å². The molecule has 1 aliphatic rings. The zero-order valence-electron chi connectivity index (χ0n) is 12.6. The van der Waals surface area contributed by atoms with Crippen LogP contribution in [0.4, 0.5) is 13.2 Å². The van der Waals surface area contributed by atoms with Crippen molar-refractivity contribution in [1.29, 1.82) is 0 Å². The molecule has 2 heterocycles. The van der Waals surface area contributed by atoms with E-state index in [4.69, 9.17) is 0 Å². The Hall–Kier alpha value is -1.15. The van der Waals surface area contributed by atoms with E-state index >= 15 is 0 Å². The van der Waals surface area contributed by atoms with Gasteiger partial charge >= 0.3 is 6.18 Å². The monoisotopic (exact) mass is 335 g/mol. The molecule has 4 nitrogen and oxygen atoms in total. The fourth-order valence-corrected chi connectivity index (χ4v) is 3.36. The number of hydrogen-bond donors (Lipinski definition) is 2. The molecule has 0 spiro atoms. The number of carbonyl (C=O) groups is 1. The molecule has 0 bridgehead atoms. The summed E-state index contributed by atoms with van der Waals surface area (Å²) in [6, 6.07) is 0. The standard InChI is InChI=1S/C14H20F3N3OS/c1-13(2,12-19-10(8-22-12)14(15,16)17)20-11(21)4-3-9-5-6-18-7-9/h8-9,18H,3-7H2,1-2H3,(H,20,21). The van der Waals surface area contributed by atoms with Gasteiger partial charge in [0.1, 0.15) is 5.01 Å².